The van der Waals surface area contributed by atoms with Gasteiger partial charge in [-0.3, -0.25) is 9.59 Å². The average Bonchev–Trinajstić information content (AvgIpc) is 3.28. The Kier molecular flexibility index (Phi) is 5.33. The quantitative estimate of drug-likeness (QED) is 0.601. The number of rotatable bonds is 3. The Morgan fingerprint density at radius 3 is 2.32 bits per heavy atom. The number of nitrogens with one attached hydrogen (secondary N) is 1. The van der Waals surface area contributed by atoms with Gasteiger partial charge in [0.2, 0.25) is 5.91 Å². The van der Waals surface area contributed by atoms with Gasteiger partial charge in [-0.25, -0.2) is 0 Å². The summed E-state index contributed by atoms with van der Waals surface area (Å²) in [7, 11) is 3.50. The van der Waals surface area contributed by atoms with Crippen molar-refractivity contribution in [2.24, 2.45) is 5.41 Å². The van der Waals surface area contributed by atoms with Gasteiger partial charge in [-0.1, -0.05) is 42.5 Å². The predicted molar refractivity (Wildman–Crippen MR) is 132 cm³/mol. The van der Waals surface area contributed by atoms with Crippen LogP contribution in [0.5, 0.6) is 0 Å². The fourth-order valence-electron chi connectivity index (χ4n) is 4.97. The molecule has 6 nitrogen and oxygen atoms in total. The van der Waals surface area contributed by atoms with E-state index in [1.165, 1.54) is 0 Å². The zero-order valence-electron chi connectivity index (χ0n) is 19.3. The lowest BCUT2D eigenvalue weighted by Gasteiger charge is -2.33. The summed E-state index contributed by atoms with van der Waals surface area (Å²) in [5.41, 5.74) is 6.32. The molecule has 1 fully saturated rings. The fourth-order valence-corrected chi connectivity index (χ4v) is 4.97. The lowest BCUT2D eigenvalue weighted by atomic mass is 9.76. The Balaban J connectivity index is 1.40. The molecular formula is C28H26N4O2. The van der Waals surface area contributed by atoms with E-state index >= 15 is 0 Å². The van der Waals surface area contributed by atoms with E-state index < -0.39 is 5.41 Å². The highest BCUT2D eigenvalue weighted by Crippen LogP contribution is 2.41. The van der Waals surface area contributed by atoms with Crippen molar-refractivity contribution in [3.63, 3.8) is 0 Å². The van der Waals surface area contributed by atoms with Crippen molar-refractivity contribution in [1.29, 1.82) is 5.26 Å². The third kappa shape index (κ3) is 3.80. The number of nitrogens with zero attached hydrogens (tertiary/aromatic N) is 3. The fraction of sp³-hybridized carbons (Fsp3) is 0.250. The van der Waals surface area contributed by atoms with E-state index in [0.717, 1.165) is 33.5 Å². The van der Waals surface area contributed by atoms with Gasteiger partial charge in [-0.15, -0.1) is 0 Å². The summed E-state index contributed by atoms with van der Waals surface area (Å²) in [6.07, 6.45) is 3.52. The smallest absolute Gasteiger partial charge is 0.253 e. The molecule has 0 bridgehead atoms. The van der Waals surface area contributed by atoms with Gasteiger partial charge in [0.15, 0.2) is 6.19 Å². The largest absolute Gasteiger partial charge is 0.345 e. The van der Waals surface area contributed by atoms with Crippen LogP contribution in [-0.2, 0) is 11.2 Å². The highest BCUT2D eigenvalue weighted by Gasteiger charge is 2.47. The zero-order chi connectivity index (χ0) is 23.9. The molecular weight excluding hydrogens is 424 g/mol. The summed E-state index contributed by atoms with van der Waals surface area (Å²) in [5.74, 6) is 0.00220. The van der Waals surface area contributed by atoms with Crippen molar-refractivity contribution in [3.05, 3.63) is 77.9 Å². The molecule has 3 aromatic rings. The molecule has 0 saturated carbocycles. The van der Waals surface area contributed by atoms with Crippen LogP contribution in [0.2, 0.25) is 0 Å². The van der Waals surface area contributed by atoms with Crippen LogP contribution in [-0.4, -0.2) is 48.8 Å². The van der Waals surface area contributed by atoms with Gasteiger partial charge in [0.25, 0.3) is 5.91 Å². The van der Waals surface area contributed by atoms with Gasteiger partial charge < -0.3 is 15.1 Å². The van der Waals surface area contributed by atoms with Crippen molar-refractivity contribution in [2.45, 2.75) is 12.8 Å². The first-order valence-electron chi connectivity index (χ1n) is 11.4. The third-order valence-electron chi connectivity index (χ3n) is 6.93. The van der Waals surface area contributed by atoms with E-state index in [1.54, 1.807) is 23.9 Å². The molecule has 1 unspecified atom stereocenters. The Bertz CT molecular complexity index is 1320. The molecule has 34 heavy (non-hydrogen) atoms. The Labute approximate surface area is 199 Å². The van der Waals surface area contributed by atoms with Gasteiger partial charge in [0.05, 0.1) is 5.41 Å². The van der Waals surface area contributed by atoms with E-state index in [2.05, 4.69) is 41.8 Å². The van der Waals surface area contributed by atoms with E-state index in [1.807, 2.05) is 36.4 Å². The average molecular weight is 451 g/mol. The summed E-state index contributed by atoms with van der Waals surface area (Å²) < 4.78 is 0. The second kappa shape index (κ2) is 8.35. The zero-order valence-corrected chi connectivity index (χ0v) is 19.3. The maximum atomic E-state index is 12.8. The Morgan fingerprint density at radius 1 is 1.00 bits per heavy atom. The Morgan fingerprint density at radius 2 is 1.68 bits per heavy atom. The van der Waals surface area contributed by atoms with Crippen molar-refractivity contribution in [2.75, 3.05) is 32.5 Å². The molecule has 1 N–H and O–H groups in total. The van der Waals surface area contributed by atoms with Crippen LogP contribution >= 0.6 is 0 Å². The van der Waals surface area contributed by atoms with Gasteiger partial charge in [0, 0.05) is 38.4 Å². The SMILES string of the molecule is CN(C)C(=O)c1cccc(-c2ccc(-c3ccc4c(c3)CC3(CCN(C#N)C3)C(=O)N4)cc2)c1. The van der Waals surface area contributed by atoms with Crippen LogP contribution in [0.15, 0.2) is 66.7 Å². The number of nitriles is 1. The van der Waals surface area contributed by atoms with Crippen molar-refractivity contribution < 1.29 is 9.59 Å². The minimum Gasteiger partial charge on any atom is -0.345 e. The first-order valence-corrected chi connectivity index (χ1v) is 11.4. The second-order valence-corrected chi connectivity index (χ2v) is 9.41. The van der Waals surface area contributed by atoms with Crippen LogP contribution in [0.25, 0.3) is 22.3 Å². The van der Waals surface area contributed by atoms with Crippen LogP contribution in [0, 0.1) is 16.9 Å². The molecule has 5 rings (SSSR count). The van der Waals surface area contributed by atoms with E-state index in [0.29, 0.717) is 31.5 Å². The van der Waals surface area contributed by atoms with Gasteiger partial charge in [0.1, 0.15) is 0 Å². The number of benzene rings is 3. The summed E-state index contributed by atoms with van der Waals surface area (Å²) in [4.78, 5) is 28.4. The van der Waals surface area contributed by atoms with Crippen LogP contribution in [0.1, 0.15) is 22.3 Å². The maximum Gasteiger partial charge on any atom is 0.253 e. The Hall–Kier alpha value is -4.11. The molecule has 1 spiro atoms. The maximum absolute atomic E-state index is 12.8. The number of carbonyl (C=O) groups is 2. The minimum absolute atomic E-state index is 0.0162. The number of fused-ring (bicyclic) bond motifs is 1. The summed E-state index contributed by atoms with van der Waals surface area (Å²) in [6.45, 7) is 1.10. The summed E-state index contributed by atoms with van der Waals surface area (Å²) in [6, 6.07) is 22.1. The number of hydrogen-bond donors (Lipinski definition) is 1. The molecule has 2 heterocycles. The molecule has 170 valence electrons. The van der Waals surface area contributed by atoms with E-state index in [-0.39, 0.29) is 11.8 Å². The lowest BCUT2D eigenvalue weighted by Crippen LogP contribution is -2.43. The number of carbonyl (C=O) groups excluding carboxylic acids is 2. The van der Waals surface area contributed by atoms with Crippen LogP contribution < -0.4 is 5.32 Å². The lowest BCUT2D eigenvalue weighted by molar-refractivity contribution is -0.125. The number of likely N-dealkylation sites (tertiary alicyclic amines) is 1. The molecule has 0 aliphatic carbocycles. The summed E-state index contributed by atoms with van der Waals surface area (Å²) >= 11 is 0. The van der Waals surface area contributed by atoms with Gasteiger partial charge in [-0.2, -0.15) is 5.26 Å². The molecule has 6 heteroatoms. The van der Waals surface area contributed by atoms with Crippen LogP contribution in [0.3, 0.4) is 0 Å². The van der Waals surface area contributed by atoms with Crippen LogP contribution in [0.4, 0.5) is 5.69 Å². The molecule has 1 saturated heterocycles. The number of hydrogen-bond acceptors (Lipinski definition) is 4. The highest BCUT2D eigenvalue weighted by molar-refractivity contribution is 5.99. The number of anilines is 1. The molecule has 3 aromatic carbocycles. The standard InChI is InChI=1S/C28H26N4O2/c1-31(2)26(33)23-5-3-4-21(14-23)19-6-8-20(9-7-19)22-10-11-25-24(15-22)16-28(27(34)30-25)12-13-32(17-28)18-29/h3-11,14-15H,12-13,16-17H2,1-2H3,(H,30,34). The molecule has 1 atom stereocenters. The molecule has 2 aliphatic rings. The third-order valence-corrected chi connectivity index (χ3v) is 6.93. The van der Waals surface area contributed by atoms with E-state index in [4.69, 9.17) is 0 Å². The van der Waals surface area contributed by atoms with Gasteiger partial charge in [-0.05, 0) is 64.9 Å². The van der Waals surface area contributed by atoms with Gasteiger partial charge >= 0.3 is 0 Å². The monoisotopic (exact) mass is 450 g/mol. The topological polar surface area (TPSA) is 76.4 Å². The van der Waals surface area contributed by atoms with Crippen molar-refractivity contribution in [1.82, 2.24) is 9.80 Å². The number of amides is 2. The molecule has 2 amide bonds. The second-order valence-electron chi connectivity index (χ2n) is 9.41. The molecule has 0 aromatic heterocycles. The first-order chi connectivity index (χ1) is 16.4. The minimum atomic E-state index is -0.528. The predicted octanol–water partition coefficient (Wildman–Crippen LogP) is 4.39. The highest BCUT2D eigenvalue weighted by atomic mass is 16.2. The summed E-state index contributed by atoms with van der Waals surface area (Å²) in [5, 5.41) is 12.3. The first kappa shape index (κ1) is 21.7. The van der Waals surface area contributed by atoms with E-state index in [9.17, 15) is 14.9 Å². The normalized spacial score (nSPS) is 18.9. The van der Waals surface area contributed by atoms with Crippen molar-refractivity contribution in [3.8, 4) is 28.4 Å². The molecule has 2 aliphatic heterocycles. The van der Waals surface area contributed by atoms with Crippen molar-refractivity contribution >= 4 is 17.5 Å². The molecule has 0 radical (unpaired) electrons.